The van der Waals surface area contributed by atoms with Crippen molar-refractivity contribution in [1.29, 1.82) is 0 Å². The van der Waals surface area contributed by atoms with Crippen molar-refractivity contribution in [3.63, 3.8) is 0 Å². The molecule has 1 unspecified atom stereocenters. The molecule has 196 valence electrons. The first-order valence-corrected chi connectivity index (χ1v) is 11.8. The molecule has 0 aromatic rings. The second-order valence-electron chi connectivity index (χ2n) is 7.41. The van der Waals surface area contributed by atoms with Gasteiger partial charge in [-0.15, -0.1) is 0 Å². The maximum absolute atomic E-state index is 12.1. The van der Waals surface area contributed by atoms with E-state index in [1.165, 1.54) is 12.8 Å². The number of carbonyl (C=O) groups is 3. The smallest absolute Gasteiger partial charge is 0.407 e. The predicted octanol–water partition coefficient (Wildman–Crippen LogP) is -0.114. The first kappa shape index (κ1) is 33.0. The van der Waals surface area contributed by atoms with E-state index in [4.69, 9.17) is 27.7 Å². The Morgan fingerprint density at radius 3 is 2.09 bits per heavy atom. The van der Waals surface area contributed by atoms with Crippen LogP contribution in [0.25, 0.3) is 0 Å². The van der Waals surface area contributed by atoms with E-state index >= 15 is 0 Å². The van der Waals surface area contributed by atoms with Gasteiger partial charge in [0, 0.05) is 0 Å². The van der Waals surface area contributed by atoms with Crippen LogP contribution in [0, 0.1) is 0 Å². The van der Waals surface area contributed by atoms with Gasteiger partial charge in [0.15, 0.2) is 0 Å². The summed E-state index contributed by atoms with van der Waals surface area (Å²) in [5.74, 6) is -0.157. The highest BCUT2D eigenvalue weighted by atomic mass is 16.6. The van der Waals surface area contributed by atoms with Crippen LogP contribution in [-0.4, -0.2) is 76.6 Å². The van der Waals surface area contributed by atoms with Crippen LogP contribution in [-0.2, 0) is 14.3 Å². The first-order valence-electron chi connectivity index (χ1n) is 11.8. The monoisotopic (exact) mass is 477 g/mol. The molecule has 1 atom stereocenters. The van der Waals surface area contributed by atoms with Crippen molar-refractivity contribution in [2.75, 3.05) is 52.5 Å². The van der Waals surface area contributed by atoms with Crippen LogP contribution in [0.1, 0.15) is 58.3 Å². The normalized spacial score (nSPS) is 11.0. The minimum Gasteiger partial charge on any atom is -0.448 e. The number of alkyl carbamates (subject to hydrolysis) is 1. The number of hydrogen-bond donors (Lipinski definition) is 7. The highest BCUT2D eigenvalue weighted by molar-refractivity contribution is 5.78. The number of primary amides is 1. The van der Waals surface area contributed by atoms with E-state index in [1.54, 1.807) is 0 Å². The molecule has 0 saturated carbocycles. The van der Waals surface area contributed by atoms with Gasteiger partial charge >= 0.3 is 12.2 Å². The highest BCUT2D eigenvalue weighted by Crippen LogP contribution is 2.02. The van der Waals surface area contributed by atoms with Gasteiger partial charge in [0.1, 0.15) is 13.2 Å². The number of rotatable bonds is 19. The largest absolute Gasteiger partial charge is 0.448 e. The topological polar surface area (TPSA) is 210 Å². The number of unbranched alkanes of at least 4 members (excludes halogenated alkanes) is 4. The molecular weight excluding hydrogens is 430 g/mol. The zero-order valence-electron chi connectivity index (χ0n) is 20.2. The van der Waals surface area contributed by atoms with Crippen molar-refractivity contribution >= 4 is 18.1 Å². The average molecular weight is 478 g/mol. The summed E-state index contributed by atoms with van der Waals surface area (Å²) in [4.78, 5) is 34.1. The molecule has 0 aromatic heterocycles. The van der Waals surface area contributed by atoms with Crippen LogP contribution in [0.3, 0.4) is 0 Å². The summed E-state index contributed by atoms with van der Waals surface area (Å²) in [6.45, 7) is 5.24. The van der Waals surface area contributed by atoms with E-state index < -0.39 is 12.2 Å². The van der Waals surface area contributed by atoms with Crippen LogP contribution in [0.4, 0.5) is 9.59 Å². The predicted molar refractivity (Wildman–Crippen MR) is 129 cm³/mol. The number of amides is 3. The Morgan fingerprint density at radius 1 is 0.848 bits per heavy atom. The number of carbonyl (C=O) groups excluding carboxylic acids is 3. The van der Waals surface area contributed by atoms with Gasteiger partial charge in [-0.05, 0) is 58.3 Å². The molecule has 3 amide bonds. The summed E-state index contributed by atoms with van der Waals surface area (Å²) in [7, 11) is 0. The standard InChI is InChI=1S/C17H36N6O5.C4H11N/c18-7-3-1-5-9-21-12-15(24)23-14(6-2-4-8-19)13-28-17(26)22-10-11-27-16(20)25;1-2-3-4-5/h14,21H,1-13,18-19H2,(H2,20,25)(H,22,26)(H,23,24);2-5H2,1H3. The molecule has 0 rings (SSSR count). The minimum atomic E-state index is -0.911. The lowest BCUT2D eigenvalue weighted by atomic mass is 10.1. The molecule has 0 spiro atoms. The SMILES string of the molecule is CCCCN.NCCCCCNCC(=O)NC(CCCCN)COC(=O)NCCOC(N)=O. The van der Waals surface area contributed by atoms with Crippen LogP contribution >= 0.6 is 0 Å². The summed E-state index contributed by atoms with van der Waals surface area (Å²) in [6.07, 6.45) is 6.07. The van der Waals surface area contributed by atoms with E-state index in [1.807, 2.05) is 0 Å². The van der Waals surface area contributed by atoms with Crippen LogP contribution < -0.4 is 38.9 Å². The summed E-state index contributed by atoms with van der Waals surface area (Å²) < 4.78 is 9.60. The number of nitrogens with one attached hydrogen (secondary N) is 3. The maximum Gasteiger partial charge on any atom is 0.407 e. The quantitative estimate of drug-likeness (QED) is 0.123. The fraction of sp³-hybridized carbons (Fsp3) is 0.857. The Hall–Kier alpha value is -2.15. The molecule has 33 heavy (non-hydrogen) atoms. The van der Waals surface area contributed by atoms with Gasteiger partial charge in [-0.2, -0.15) is 0 Å². The van der Waals surface area contributed by atoms with E-state index in [9.17, 15) is 14.4 Å². The van der Waals surface area contributed by atoms with Gasteiger partial charge in [-0.25, -0.2) is 9.59 Å². The molecule has 0 radical (unpaired) electrons. The van der Waals surface area contributed by atoms with Crippen LogP contribution in [0.2, 0.25) is 0 Å². The van der Waals surface area contributed by atoms with Gasteiger partial charge in [-0.1, -0.05) is 26.2 Å². The minimum absolute atomic E-state index is 0.0370. The Morgan fingerprint density at radius 2 is 1.52 bits per heavy atom. The first-order chi connectivity index (χ1) is 15.9. The average Bonchev–Trinajstić information content (AvgIpc) is 2.78. The Bertz CT molecular complexity index is 482. The lowest BCUT2D eigenvalue weighted by Crippen LogP contribution is -2.44. The molecule has 12 nitrogen and oxygen atoms in total. The molecule has 0 aliphatic carbocycles. The number of hydrogen-bond acceptors (Lipinski definition) is 9. The summed E-state index contributed by atoms with van der Waals surface area (Å²) in [5, 5.41) is 8.37. The maximum atomic E-state index is 12.1. The molecule has 11 N–H and O–H groups in total. The van der Waals surface area contributed by atoms with Gasteiger partial charge in [0.25, 0.3) is 0 Å². The summed E-state index contributed by atoms with van der Waals surface area (Å²) in [5.41, 5.74) is 20.9. The van der Waals surface area contributed by atoms with E-state index in [0.29, 0.717) is 19.5 Å². The third-order valence-electron chi connectivity index (χ3n) is 4.30. The van der Waals surface area contributed by atoms with Crippen molar-refractivity contribution in [2.45, 2.75) is 64.3 Å². The Kier molecular flexibility index (Phi) is 26.1. The molecule has 0 bridgehead atoms. The van der Waals surface area contributed by atoms with Gasteiger partial charge in [-0.3, -0.25) is 4.79 Å². The Balaban J connectivity index is 0. The number of ether oxygens (including phenoxy) is 2. The third kappa shape index (κ3) is 27.8. The van der Waals surface area contributed by atoms with E-state index in [0.717, 1.165) is 45.2 Å². The molecule has 0 aliphatic heterocycles. The van der Waals surface area contributed by atoms with Gasteiger partial charge < -0.3 is 48.4 Å². The zero-order valence-corrected chi connectivity index (χ0v) is 20.2. The molecule has 0 aromatic carbocycles. The highest BCUT2D eigenvalue weighted by Gasteiger charge is 2.14. The molecular formula is C21H47N7O5. The van der Waals surface area contributed by atoms with Crippen molar-refractivity contribution in [3.05, 3.63) is 0 Å². The summed E-state index contributed by atoms with van der Waals surface area (Å²) in [6, 6.07) is -0.300. The Labute approximate surface area is 198 Å². The molecule has 0 saturated heterocycles. The molecule has 12 heteroatoms. The van der Waals surface area contributed by atoms with Crippen LogP contribution in [0.5, 0.6) is 0 Å². The van der Waals surface area contributed by atoms with Crippen molar-refractivity contribution in [1.82, 2.24) is 16.0 Å². The number of nitrogens with two attached hydrogens (primary N) is 4. The van der Waals surface area contributed by atoms with Crippen LogP contribution in [0.15, 0.2) is 0 Å². The van der Waals surface area contributed by atoms with Crippen molar-refractivity contribution in [3.8, 4) is 0 Å². The fourth-order valence-electron chi connectivity index (χ4n) is 2.52. The lowest BCUT2D eigenvalue weighted by molar-refractivity contribution is -0.121. The van der Waals surface area contributed by atoms with Crippen molar-refractivity contribution < 1.29 is 23.9 Å². The van der Waals surface area contributed by atoms with E-state index in [2.05, 4.69) is 27.6 Å². The lowest BCUT2D eigenvalue weighted by Gasteiger charge is -2.19. The van der Waals surface area contributed by atoms with Gasteiger partial charge in [0.05, 0.1) is 19.1 Å². The second-order valence-corrected chi connectivity index (χ2v) is 7.41. The van der Waals surface area contributed by atoms with Crippen molar-refractivity contribution in [2.24, 2.45) is 22.9 Å². The van der Waals surface area contributed by atoms with E-state index in [-0.39, 0.29) is 38.3 Å². The fourth-order valence-corrected chi connectivity index (χ4v) is 2.52. The summed E-state index contributed by atoms with van der Waals surface area (Å²) >= 11 is 0. The molecule has 0 fully saturated rings. The van der Waals surface area contributed by atoms with Gasteiger partial charge in [0.2, 0.25) is 5.91 Å². The second kappa shape index (κ2) is 26.1. The molecule has 0 aliphatic rings. The third-order valence-corrected chi connectivity index (χ3v) is 4.30. The zero-order chi connectivity index (χ0) is 25.2. The molecule has 0 heterocycles.